The van der Waals surface area contributed by atoms with Gasteiger partial charge in [0, 0.05) is 5.56 Å². The van der Waals surface area contributed by atoms with Gasteiger partial charge >= 0.3 is 6.09 Å². The fourth-order valence-electron chi connectivity index (χ4n) is 1.14. The monoisotopic (exact) mass is 197 g/mol. The molecule has 0 saturated carbocycles. The van der Waals surface area contributed by atoms with Crippen LogP contribution < -0.4 is 0 Å². The molecular weight excluding hydrogens is 192 g/mol. The van der Waals surface area contributed by atoms with Crippen molar-refractivity contribution in [2.75, 3.05) is 0 Å². The smallest absolute Gasteiger partial charge is 0.434 e. The van der Waals surface area contributed by atoms with Gasteiger partial charge in [-0.25, -0.2) is 13.6 Å². The van der Waals surface area contributed by atoms with Gasteiger partial charge < -0.3 is 4.74 Å². The number of aliphatic imine (C=N–C) groups is 1. The van der Waals surface area contributed by atoms with Crippen LogP contribution in [0.15, 0.2) is 23.2 Å². The van der Waals surface area contributed by atoms with E-state index >= 15 is 0 Å². The van der Waals surface area contributed by atoms with Crippen molar-refractivity contribution in [1.82, 2.24) is 0 Å². The van der Waals surface area contributed by atoms with E-state index < -0.39 is 23.8 Å². The minimum Gasteiger partial charge on any atom is -0.434 e. The molecule has 1 heterocycles. The summed E-state index contributed by atoms with van der Waals surface area (Å²) in [5.74, 6) is -1.91. The maximum atomic E-state index is 12.8. The number of carbonyl (C=O) groups is 1. The van der Waals surface area contributed by atoms with Crippen molar-refractivity contribution in [3.63, 3.8) is 0 Å². The molecule has 0 aliphatic carbocycles. The summed E-state index contributed by atoms with van der Waals surface area (Å²) in [5, 5.41) is 0. The number of cyclic esters (lactones) is 1. The summed E-state index contributed by atoms with van der Waals surface area (Å²) < 4.78 is 30.0. The lowest BCUT2D eigenvalue weighted by molar-refractivity contribution is 0.150. The summed E-state index contributed by atoms with van der Waals surface area (Å²) in [6.07, 6.45) is -0.188. The lowest BCUT2D eigenvalue weighted by Gasteiger charge is -2.06. The second-order valence-electron chi connectivity index (χ2n) is 2.76. The normalized spacial score (nSPS) is 19.9. The number of amides is 1. The van der Waals surface area contributed by atoms with Gasteiger partial charge in [-0.2, -0.15) is 4.99 Å². The van der Waals surface area contributed by atoms with E-state index in [1.807, 2.05) is 0 Å². The van der Waals surface area contributed by atoms with Crippen LogP contribution in [-0.4, -0.2) is 12.3 Å². The highest BCUT2D eigenvalue weighted by molar-refractivity contribution is 5.88. The molecule has 1 unspecified atom stereocenters. The van der Waals surface area contributed by atoms with Crippen LogP contribution in [0, 0.1) is 11.6 Å². The highest BCUT2D eigenvalue weighted by atomic mass is 19.2. The Labute approximate surface area is 78.0 Å². The van der Waals surface area contributed by atoms with Gasteiger partial charge in [-0.3, -0.25) is 0 Å². The van der Waals surface area contributed by atoms with Crippen LogP contribution in [-0.2, 0) is 4.74 Å². The third-order valence-electron chi connectivity index (χ3n) is 1.82. The second kappa shape index (κ2) is 3.17. The number of hydrogen-bond donors (Lipinski definition) is 0. The first-order chi connectivity index (χ1) is 6.66. The molecule has 5 heteroatoms. The van der Waals surface area contributed by atoms with E-state index in [0.717, 1.165) is 12.1 Å². The number of halogens is 2. The molecule has 14 heavy (non-hydrogen) atoms. The van der Waals surface area contributed by atoms with Crippen molar-refractivity contribution in [1.29, 1.82) is 0 Å². The van der Waals surface area contributed by atoms with E-state index in [1.54, 1.807) is 0 Å². The number of benzene rings is 1. The lowest BCUT2D eigenvalue weighted by atomic mass is 10.1. The first-order valence-corrected chi connectivity index (χ1v) is 3.86. The van der Waals surface area contributed by atoms with Crippen molar-refractivity contribution in [3.8, 4) is 0 Å². The van der Waals surface area contributed by atoms with Gasteiger partial charge in [-0.15, -0.1) is 0 Å². The highest BCUT2D eigenvalue weighted by Crippen LogP contribution is 2.21. The SMILES string of the molecule is O=C1N=CC(c2ccc(F)c(F)c2)O1. The van der Waals surface area contributed by atoms with Gasteiger partial charge in [0.2, 0.25) is 0 Å². The molecule has 72 valence electrons. The number of rotatable bonds is 1. The van der Waals surface area contributed by atoms with Gasteiger partial charge in [0.15, 0.2) is 17.7 Å². The average molecular weight is 197 g/mol. The van der Waals surface area contributed by atoms with Crippen LogP contribution in [0.4, 0.5) is 13.6 Å². The Bertz CT molecular complexity index is 417. The molecule has 0 aromatic heterocycles. The van der Waals surface area contributed by atoms with Crippen molar-refractivity contribution < 1.29 is 18.3 Å². The van der Waals surface area contributed by atoms with Crippen LogP contribution in [0.5, 0.6) is 0 Å². The Morgan fingerprint density at radius 3 is 2.64 bits per heavy atom. The molecule has 1 atom stereocenters. The Kier molecular flexibility index (Phi) is 1.99. The second-order valence-corrected chi connectivity index (χ2v) is 2.76. The average Bonchev–Trinajstić information content (AvgIpc) is 2.57. The molecule has 0 saturated heterocycles. The maximum absolute atomic E-state index is 12.8. The Balaban J connectivity index is 2.30. The van der Waals surface area contributed by atoms with Gasteiger partial charge in [-0.05, 0) is 12.1 Å². The summed E-state index contributed by atoms with van der Waals surface area (Å²) >= 11 is 0. The predicted octanol–water partition coefficient (Wildman–Crippen LogP) is 2.23. The summed E-state index contributed by atoms with van der Waals surface area (Å²) in [6.45, 7) is 0. The summed E-state index contributed by atoms with van der Waals surface area (Å²) in [7, 11) is 0. The van der Waals surface area contributed by atoms with E-state index in [1.165, 1.54) is 12.3 Å². The first-order valence-electron chi connectivity index (χ1n) is 3.86. The van der Waals surface area contributed by atoms with E-state index in [9.17, 15) is 13.6 Å². The zero-order valence-electron chi connectivity index (χ0n) is 6.91. The Hall–Kier alpha value is -1.78. The van der Waals surface area contributed by atoms with Crippen molar-refractivity contribution >= 4 is 12.3 Å². The number of carbonyl (C=O) groups excluding carboxylic acids is 1. The van der Waals surface area contributed by atoms with E-state index in [4.69, 9.17) is 4.74 Å². The summed E-state index contributed by atoms with van der Waals surface area (Å²) in [5.41, 5.74) is 0.360. The van der Waals surface area contributed by atoms with E-state index in [2.05, 4.69) is 4.99 Å². The summed E-state index contributed by atoms with van der Waals surface area (Å²) in [6, 6.07) is 3.29. The molecule has 0 fully saturated rings. The van der Waals surface area contributed by atoms with Crippen LogP contribution in [0.2, 0.25) is 0 Å². The lowest BCUT2D eigenvalue weighted by Crippen LogP contribution is -2.02. The molecule has 0 bridgehead atoms. The number of hydrogen-bond acceptors (Lipinski definition) is 2. The molecule has 1 amide bonds. The largest absolute Gasteiger partial charge is 0.434 e. The predicted molar refractivity (Wildman–Crippen MR) is 44.1 cm³/mol. The molecule has 1 aromatic rings. The number of ether oxygens (including phenoxy) is 1. The maximum Gasteiger partial charge on any atom is 0.434 e. The molecule has 0 spiro atoms. The van der Waals surface area contributed by atoms with E-state index in [-0.39, 0.29) is 0 Å². The minimum atomic E-state index is -0.973. The topological polar surface area (TPSA) is 38.7 Å². The first kappa shape index (κ1) is 8.80. The molecule has 1 aliphatic rings. The molecule has 1 aliphatic heterocycles. The van der Waals surface area contributed by atoms with Gasteiger partial charge in [0.25, 0.3) is 0 Å². The molecule has 0 N–H and O–H groups in total. The van der Waals surface area contributed by atoms with Crippen LogP contribution >= 0.6 is 0 Å². The fourth-order valence-corrected chi connectivity index (χ4v) is 1.14. The molecule has 1 aromatic carbocycles. The number of nitrogens with zero attached hydrogens (tertiary/aromatic N) is 1. The third kappa shape index (κ3) is 1.48. The summed E-state index contributed by atoms with van der Waals surface area (Å²) in [4.78, 5) is 13.9. The van der Waals surface area contributed by atoms with Gasteiger partial charge in [0.1, 0.15) is 0 Å². The Morgan fingerprint density at radius 1 is 1.29 bits per heavy atom. The zero-order valence-corrected chi connectivity index (χ0v) is 6.91. The van der Waals surface area contributed by atoms with Gasteiger partial charge in [-0.1, -0.05) is 6.07 Å². The molecular formula is C9H5F2NO2. The van der Waals surface area contributed by atoms with Crippen molar-refractivity contribution in [3.05, 3.63) is 35.4 Å². The quantitative estimate of drug-likeness (QED) is 0.692. The molecule has 3 nitrogen and oxygen atoms in total. The zero-order chi connectivity index (χ0) is 10.1. The highest BCUT2D eigenvalue weighted by Gasteiger charge is 2.21. The van der Waals surface area contributed by atoms with Crippen molar-refractivity contribution in [2.45, 2.75) is 6.10 Å². The standard InChI is InChI=1S/C9H5F2NO2/c10-6-2-1-5(3-7(6)11)8-4-12-9(13)14-8/h1-4,8H. The third-order valence-corrected chi connectivity index (χ3v) is 1.82. The Morgan fingerprint density at radius 2 is 2.07 bits per heavy atom. The van der Waals surface area contributed by atoms with Crippen molar-refractivity contribution in [2.24, 2.45) is 4.99 Å². The van der Waals surface area contributed by atoms with Crippen LogP contribution in [0.3, 0.4) is 0 Å². The molecule has 2 rings (SSSR count). The van der Waals surface area contributed by atoms with Crippen LogP contribution in [0.1, 0.15) is 11.7 Å². The molecule has 0 radical (unpaired) electrons. The van der Waals surface area contributed by atoms with Crippen LogP contribution in [0.25, 0.3) is 0 Å². The minimum absolute atomic E-state index is 0.360. The van der Waals surface area contributed by atoms with E-state index in [0.29, 0.717) is 5.56 Å². The fraction of sp³-hybridized carbons (Fsp3) is 0.111. The van der Waals surface area contributed by atoms with Gasteiger partial charge in [0.05, 0.1) is 6.21 Å².